The van der Waals surface area contributed by atoms with E-state index in [0.29, 0.717) is 22.5 Å². The number of methoxy groups -OCH3 is 1. The van der Waals surface area contributed by atoms with Gasteiger partial charge in [-0.05, 0) is 36.4 Å². The molecule has 0 aliphatic rings. The van der Waals surface area contributed by atoms with E-state index in [2.05, 4.69) is 21.4 Å². The van der Waals surface area contributed by atoms with Gasteiger partial charge in [-0.1, -0.05) is 18.2 Å². The minimum atomic E-state index is -0.502. The zero-order valence-electron chi connectivity index (χ0n) is 13.5. The van der Waals surface area contributed by atoms with Crippen molar-refractivity contribution in [3.63, 3.8) is 0 Å². The third-order valence-electron chi connectivity index (χ3n) is 3.13. The van der Waals surface area contributed by atoms with E-state index in [-0.39, 0.29) is 11.9 Å². The summed E-state index contributed by atoms with van der Waals surface area (Å²) in [7, 11) is 1.28. The average Bonchev–Trinajstić information content (AvgIpc) is 2.60. The molecule has 1 radical (unpaired) electrons. The van der Waals surface area contributed by atoms with Crippen molar-refractivity contribution in [3.8, 4) is 0 Å². The van der Waals surface area contributed by atoms with Gasteiger partial charge >= 0.3 is 5.97 Å². The van der Waals surface area contributed by atoms with Crippen molar-refractivity contribution in [1.29, 1.82) is 5.41 Å². The summed E-state index contributed by atoms with van der Waals surface area (Å²) in [4.78, 5) is 23.7. The third-order valence-corrected chi connectivity index (χ3v) is 3.13. The van der Waals surface area contributed by atoms with E-state index in [1.54, 1.807) is 42.5 Å². The van der Waals surface area contributed by atoms with E-state index in [9.17, 15) is 9.59 Å². The van der Waals surface area contributed by atoms with Crippen LogP contribution in [0.25, 0.3) is 6.08 Å². The van der Waals surface area contributed by atoms with Crippen molar-refractivity contribution in [2.45, 2.75) is 0 Å². The Labute approximate surface area is 145 Å². The first-order valence-corrected chi connectivity index (χ1v) is 7.29. The number of carbonyl (C=O) groups is 2. The second-order valence-corrected chi connectivity index (χ2v) is 4.93. The number of benzene rings is 2. The van der Waals surface area contributed by atoms with Gasteiger partial charge in [0.05, 0.1) is 7.11 Å². The highest BCUT2D eigenvalue weighted by Gasteiger charge is 2.09. The Bertz CT molecular complexity index is 831. The number of nitrogens with one attached hydrogen (secondary N) is 3. The Morgan fingerprint density at radius 2 is 2.04 bits per heavy atom. The number of carbonyl (C=O) groups excluding carboxylic acids is 2. The fourth-order valence-corrected chi connectivity index (χ4v) is 2.00. The summed E-state index contributed by atoms with van der Waals surface area (Å²) < 4.78 is 4.55. The van der Waals surface area contributed by atoms with E-state index in [4.69, 9.17) is 11.1 Å². The number of nitrogens with two attached hydrogens (primary N) is 1. The number of ether oxygens (including phenoxy) is 1. The molecule has 5 N–H and O–H groups in total. The fourth-order valence-electron chi connectivity index (χ4n) is 2.00. The van der Waals surface area contributed by atoms with Crippen LogP contribution in [0.5, 0.6) is 0 Å². The molecule has 2 aromatic rings. The molecule has 0 spiro atoms. The predicted molar refractivity (Wildman–Crippen MR) is 96.3 cm³/mol. The van der Waals surface area contributed by atoms with Gasteiger partial charge in [0.2, 0.25) is 0 Å². The molecule has 25 heavy (non-hydrogen) atoms. The first-order valence-electron chi connectivity index (χ1n) is 7.29. The lowest BCUT2D eigenvalue weighted by Gasteiger charge is -2.10. The van der Waals surface area contributed by atoms with Crippen molar-refractivity contribution in [1.82, 2.24) is 0 Å². The van der Waals surface area contributed by atoms with Gasteiger partial charge in [0.1, 0.15) is 0 Å². The van der Waals surface area contributed by atoms with E-state index >= 15 is 0 Å². The highest BCUT2D eigenvalue weighted by atomic mass is 16.5. The van der Waals surface area contributed by atoms with Gasteiger partial charge < -0.3 is 21.1 Å². The van der Waals surface area contributed by atoms with Crippen LogP contribution in [0.15, 0.2) is 48.5 Å². The molecule has 0 unspecified atom stereocenters. The molecule has 2 aromatic carbocycles. The summed E-state index contributed by atoms with van der Waals surface area (Å²) in [5.41, 5.74) is 7.24. The molecule has 1 amide bonds. The number of hydrogen-bond donors (Lipinski definition) is 4. The van der Waals surface area contributed by atoms with Gasteiger partial charge in [0, 0.05) is 28.6 Å². The third kappa shape index (κ3) is 5.21. The molecule has 0 aliphatic carbocycles. The van der Waals surface area contributed by atoms with Crippen LogP contribution in [0.4, 0.5) is 11.4 Å². The Kier molecular flexibility index (Phi) is 5.89. The van der Waals surface area contributed by atoms with Gasteiger partial charge in [0.25, 0.3) is 5.91 Å². The largest absolute Gasteiger partial charge is 0.466 e. The molecule has 0 bridgehead atoms. The van der Waals surface area contributed by atoms with Crippen LogP contribution < -0.4 is 16.4 Å². The van der Waals surface area contributed by atoms with Gasteiger partial charge in [-0.25, -0.2) is 4.79 Å². The maximum absolute atomic E-state index is 12.4. The highest BCUT2D eigenvalue weighted by molar-refractivity contribution is 6.06. The molecule has 127 valence electrons. The van der Waals surface area contributed by atoms with Crippen molar-refractivity contribution >= 4 is 35.3 Å². The van der Waals surface area contributed by atoms with Crippen LogP contribution in [0.3, 0.4) is 0 Å². The number of hydrogen-bond acceptors (Lipinski definition) is 4. The zero-order chi connectivity index (χ0) is 18.2. The summed E-state index contributed by atoms with van der Waals surface area (Å²) in [5, 5.41) is 12.6. The van der Waals surface area contributed by atoms with Crippen LogP contribution in [0.2, 0.25) is 0 Å². The SMILES string of the molecule is COC(=O)C=Cc1[c]cccc1NC(=O)c1cccc(NC(=N)N)c1. The van der Waals surface area contributed by atoms with Crippen LogP contribution in [0.1, 0.15) is 15.9 Å². The minimum Gasteiger partial charge on any atom is -0.466 e. The van der Waals surface area contributed by atoms with Crippen molar-refractivity contribution in [2.24, 2.45) is 5.73 Å². The van der Waals surface area contributed by atoms with Gasteiger partial charge in [-0.15, -0.1) is 0 Å². The van der Waals surface area contributed by atoms with Crippen LogP contribution >= 0.6 is 0 Å². The Balaban J connectivity index is 2.20. The molecule has 0 aromatic heterocycles. The Morgan fingerprint density at radius 3 is 2.76 bits per heavy atom. The number of guanidine groups is 1. The molecule has 0 aliphatic heterocycles. The second kappa shape index (κ2) is 8.30. The predicted octanol–water partition coefficient (Wildman–Crippen LogP) is 2.23. The number of anilines is 2. The van der Waals surface area contributed by atoms with E-state index in [1.165, 1.54) is 19.3 Å². The molecule has 2 rings (SSSR count). The monoisotopic (exact) mass is 337 g/mol. The van der Waals surface area contributed by atoms with Crippen LogP contribution in [-0.2, 0) is 9.53 Å². The highest BCUT2D eigenvalue weighted by Crippen LogP contribution is 2.18. The summed E-state index contributed by atoms with van der Waals surface area (Å²) in [6.45, 7) is 0. The quantitative estimate of drug-likeness (QED) is 0.289. The molecular weight excluding hydrogens is 320 g/mol. The maximum Gasteiger partial charge on any atom is 0.330 e. The van der Waals surface area contributed by atoms with Crippen molar-refractivity contribution in [2.75, 3.05) is 17.7 Å². The standard InChI is InChI=1S/C18H17N4O3/c1-25-16(23)10-9-12-5-2-3-8-15(12)22-17(24)13-6-4-7-14(11-13)21-18(19)20/h2-4,6-11H,1H3,(H,22,24)(H4,19,20,21). The minimum absolute atomic E-state index is 0.217. The fraction of sp³-hybridized carbons (Fsp3) is 0.0556. The average molecular weight is 337 g/mol. The first kappa shape index (κ1) is 17.7. The lowest BCUT2D eigenvalue weighted by Crippen LogP contribution is -2.21. The number of esters is 1. The molecule has 7 nitrogen and oxygen atoms in total. The smallest absolute Gasteiger partial charge is 0.330 e. The molecule has 0 atom stereocenters. The molecule has 0 heterocycles. The number of rotatable bonds is 5. The second-order valence-electron chi connectivity index (χ2n) is 4.93. The van der Waals surface area contributed by atoms with Gasteiger partial charge in [-0.2, -0.15) is 0 Å². The maximum atomic E-state index is 12.4. The van der Waals surface area contributed by atoms with Crippen molar-refractivity contribution in [3.05, 3.63) is 65.7 Å². The Hall–Kier alpha value is -3.61. The summed E-state index contributed by atoms with van der Waals surface area (Å²) in [6, 6.07) is 14.6. The summed E-state index contributed by atoms with van der Waals surface area (Å²) in [6.07, 6.45) is 2.76. The summed E-state index contributed by atoms with van der Waals surface area (Å²) in [5.74, 6) is -1.07. The van der Waals surface area contributed by atoms with Crippen LogP contribution in [-0.4, -0.2) is 24.9 Å². The van der Waals surface area contributed by atoms with E-state index in [0.717, 1.165) is 0 Å². The molecule has 0 saturated heterocycles. The lowest BCUT2D eigenvalue weighted by atomic mass is 10.1. The van der Waals surface area contributed by atoms with E-state index < -0.39 is 5.97 Å². The number of amides is 1. The van der Waals surface area contributed by atoms with Gasteiger partial charge in [-0.3, -0.25) is 10.2 Å². The lowest BCUT2D eigenvalue weighted by molar-refractivity contribution is -0.134. The Morgan fingerprint density at radius 1 is 1.24 bits per heavy atom. The molecule has 7 heteroatoms. The van der Waals surface area contributed by atoms with Crippen molar-refractivity contribution < 1.29 is 14.3 Å². The molecule has 0 fully saturated rings. The normalized spacial score (nSPS) is 10.3. The van der Waals surface area contributed by atoms with Crippen LogP contribution in [0, 0.1) is 11.5 Å². The van der Waals surface area contributed by atoms with Gasteiger partial charge in [0.15, 0.2) is 5.96 Å². The topological polar surface area (TPSA) is 117 Å². The molecule has 0 saturated carbocycles. The zero-order valence-corrected chi connectivity index (χ0v) is 13.5. The summed E-state index contributed by atoms with van der Waals surface area (Å²) >= 11 is 0. The van der Waals surface area contributed by atoms with E-state index in [1.807, 2.05) is 0 Å². The molecular formula is C18H17N4O3. The first-order chi connectivity index (χ1) is 12.0.